The highest BCUT2D eigenvalue weighted by Crippen LogP contribution is 2.14. The summed E-state index contributed by atoms with van der Waals surface area (Å²) in [6, 6.07) is 9.31. The second-order valence-electron chi connectivity index (χ2n) is 5.17. The lowest BCUT2D eigenvalue weighted by atomic mass is 9.91. The Morgan fingerprint density at radius 2 is 1.86 bits per heavy atom. The van der Waals surface area contributed by atoms with Crippen LogP contribution in [0.2, 0.25) is 0 Å². The third-order valence-electron chi connectivity index (χ3n) is 3.08. The molecule has 1 atom stereocenters. The van der Waals surface area contributed by atoms with E-state index in [1.54, 1.807) is 6.92 Å². The largest absolute Gasteiger partial charge is 0.368 e. The molecule has 1 aromatic carbocycles. The third kappa shape index (κ3) is 5.77. The first-order chi connectivity index (χ1) is 10.4. The maximum atomic E-state index is 12.4. The fraction of sp³-hybridized carbons (Fsp3) is 0.400. The van der Waals surface area contributed by atoms with Gasteiger partial charge >= 0.3 is 0 Å². The number of rotatable bonds is 8. The molecule has 0 aliphatic carbocycles. The molecule has 0 fully saturated rings. The number of thiol groups is 1. The van der Waals surface area contributed by atoms with Crippen molar-refractivity contribution in [3.8, 4) is 0 Å². The fourth-order valence-electron chi connectivity index (χ4n) is 2.02. The van der Waals surface area contributed by atoms with Gasteiger partial charge in [0.1, 0.15) is 5.54 Å². The van der Waals surface area contributed by atoms with Crippen LogP contribution in [0.5, 0.6) is 0 Å². The highest BCUT2D eigenvalue weighted by atomic mass is 32.1. The predicted molar refractivity (Wildman–Crippen MR) is 87.4 cm³/mol. The lowest BCUT2D eigenvalue weighted by molar-refractivity contribution is -0.133. The van der Waals surface area contributed by atoms with Crippen LogP contribution in [0.3, 0.4) is 0 Å². The lowest BCUT2D eigenvalue weighted by Gasteiger charge is -2.29. The van der Waals surface area contributed by atoms with Crippen molar-refractivity contribution in [1.29, 1.82) is 0 Å². The molecular weight excluding hydrogens is 302 g/mol. The molecule has 3 amide bonds. The zero-order valence-electron chi connectivity index (χ0n) is 12.5. The summed E-state index contributed by atoms with van der Waals surface area (Å²) >= 11 is 4.01. The molecule has 0 unspecified atom stereocenters. The van der Waals surface area contributed by atoms with Gasteiger partial charge < -0.3 is 16.4 Å². The Hall–Kier alpha value is -2.02. The number of hydrogen-bond donors (Lipinski definition) is 4. The van der Waals surface area contributed by atoms with Crippen molar-refractivity contribution in [2.75, 3.05) is 12.3 Å². The van der Waals surface area contributed by atoms with Gasteiger partial charge in [-0.25, -0.2) is 0 Å². The van der Waals surface area contributed by atoms with E-state index in [1.807, 2.05) is 30.3 Å². The SMILES string of the molecule is C[C@](Cc1ccccc1)(NC(=O)CCS)C(=O)NCC(N)=O. The molecule has 0 radical (unpaired) electrons. The standard InChI is InChI=1S/C15H21N3O3S/c1-15(18-13(20)7-8-22,14(21)17-10-12(16)19)9-11-5-3-2-4-6-11/h2-6,22H,7-10H2,1H3,(H2,16,19)(H,17,21)(H,18,20)/t15-/m1/s1. The van der Waals surface area contributed by atoms with Gasteiger partial charge in [0, 0.05) is 12.8 Å². The van der Waals surface area contributed by atoms with Crippen LogP contribution in [0.25, 0.3) is 0 Å². The summed E-state index contributed by atoms with van der Waals surface area (Å²) in [5.74, 6) is -0.988. The Balaban J connectivity index is 2.89. The van der Waals surface area contributed by atoms with Gasteiger partial charge in [0.25, 0.3) is 0 Å². The molecule has 0 saturated carbocycles. The Kier molecular flexibility index (Phi) is 6.91. The summed E-state index contributed by atoms with van der Waals surface area (Å²) in [5, 5.41) is 5.16. The molecule has 0 bridgehead atoms. The van der Waals surface area contributed by atoms with Crippen LogP contribution < -0.4 is 16.4 Å². The van der Waals surface area contributed by atoms with E-state index < -0.39 is 17.4 Å². The van der Waals surface area contributed by atoms with Gasteiger partial charge in [-0.15, -0.1) is 0 Å². The molecule has 0 aliphatic heterocycles. The van der Waals surface area contributed by atoms with Crippen molar-refractivity contribution in [3.63, 3.8) is 0 Å². The number of nitrogens with two attached hydrogens (primary N) is 1. The van der Waals surface area contributed by atoms with Crippen molar-refractivity contribution < 1.29 is 14.4 Å². The maximum absolute atomic E-state index is 12.4. The Bertz CT molecular complexity index is 536. The molecule has 0 aromatic heterocycles. The van der Waals surface area contributed by atoms with Crippen molar-refractivity contribution in [2.24, 2.45) is 5.73 Å². The normalized spacial score (nSPS) is 13.0. The molecule has 0 heterocycles. The van der Waals surface area contributed by atoms with Crippen LogP contribution in [0.1, 0.15) is 18.9 Å². The number of benzene rings is 1. The van der Waals surface area contributed by atoms with Crippen LogP contribution in [0.15, 0.2) is 30.3 Å². The number of amides is 3. The van der Waals surface area contributed by atoms with E-state index >= 15 is 0 Å². The first-order valence-corrected chi connectivity index (χ1v) is 7.53. The van der Waals surface area contributed by atoms with Crippen molar-refractivity contribution in [3.05, 3.63) is 35.9 Å². The number of hydrogen-bond acceptors (Lipinski definition) is 4. The summed E-state index contributed by atoms with van der Waals surface area (Å²) in [6.07, 6.45) is 0.507. The van der Waals surface area contributed by atoms with Crippen LogP contribution in [-0.4, -0.2) is 35.6 Å². The van der Waals surface area contributed by atoms with E-state index in [0.29, 0.717) is 12.2 Å². The molecule has 4 N–H and O–H groups in total. The summed E-state index contributed by atoms with van der Waals surface area (Å²) < 4.78 is 0. The zero-order valence-corrected chi connectivity index (χ0v) is 13.4. The molecule has 0 saturated heterocycles. The molecule has 0 aliphatic rings. The molecule has 22 heavy (non-hydrogen) atoms. The van der Waals surface area contributed by atoms with Crippen molar-refractivity contribution in [1.82, 2.24) is 10.6 Å². The summed E-state index contributed by atoms with van der Waals surface area (Å²) in [5.41, 5.74) is 4.76. The molecule has 6 nitrogen and oxygen atoms in total. The number of primary amides is 1. The fourth-order valence-corrected chi connectivity index (χ4v) is 2.22. The van der Waals surface area contributed by atoms with Gasteiger partial charge in [0.2, 0.25) is 17.7 Å². The molecule has 1 aromatic rings. The van der Waals surface area contributed by atoms with E-state index in [0.717, 1.165) is 5.56 Å². The summed E-state index contributed by atoms with van der Waals surface area (Å²) in [6.45, 7) is 1.35. The lowest BCUT2D eigenvalue weighted by Crippen LogP contribution is -2.59. The Morgan fingerprint density at radius 3 is 2.41 bits per heavy atom. The quantitative estimate of drug-likeness (QED) is 0.508. The van der Waals surface area contributed by atoms with E-state index in [4.69, 9.17) is 5.73 Å². The first-order valence-electron chi connectivity index (χ1n) is 6.90. The minimum absolute atomic E-state index is 0.205. The minimum Gasteiger partial charge on any atom is -0.368 e. The highest BCUT2D eigenvalue weighted by Gasteiger charge is 2.34. The monoisotopic (exact) mass is 323 g/mol. The summed E-state index contributed by atoms with van der Waals surface area (Å²) in [7, 11) is 0. The third-order valence-corrected chi connectivity index (χ3v) is 3.30. The highest BCUT2D eigenvalue weighted by molar-refractivity contribution is 7.80. The van der Waals surface area contributed by atoms with Crippen LogP contribution >= 0.6 is 12.6 Å². The van der Waals surface area contributed by atoms with Gasteiger partial charge in [-0.3, -0.25) is 14.4 Å². The van der Waals surface area contributed by atoms with E-state index in [9.17, 15) is 14.4 Å². The van der Waals surface area contributed by atoms with E-state index in [-0.39, 0.29) is 18.9 Å². The Morgan fingerprint density at radius 1 is 1.23 bits per heavy atom. The number of carbonyl (C=O) groups is 3. The van der Waals surface area contributed by atoms with E-state index in [2.05, 4.69) is 23.3 Å². The smallest absolute Gasteiger partial charge is 0.246 e. The predicted octanol–water partition coefficient (Wildman–Crippen LogP) is 0.0254. The molecule has 1 rings (SSSR count). The average molecular weight is 323 g/mol. The maximum Gasteiger partial charge on any atom is 0.246 e. The topological polar surface area (TPSA) is 101 Å². The van der Waals surface area contributed by atoms with Gasteiger partial charge in [0.15, 0.2) is 0 Å². The van der Waals surface area contributed by atoms with Crippen molar-refractivity contribution in [2.45, 2.75) is 25.3 Å². The second-order valence-corrected chi connectivity index (χ2v) is 5.61. The van der Waals surface area contributed by atoms with Gasteiger partial charge in [-0.05, 0) is 18.2 Å². The summed E-state index contributed by atoms with van der Waals surface area (Å²) in [4.78, 5) is 35.0. The van der Waals surface area contributed by atoms with Gasteiger partial charge in [-0.2, -0.15) is 12.6 Å². The van der Waals surface area contributed by atoms with Crippen LogP contribution in [-0.2, 0) is 20.8 Å². The number of carbonyl (C=O) groups excluding carboxylic acids is 3. The molecular formula is C15H21N3O3S. The number of nitrogens with one attached hydrogen (secondary N) is 2. The van der Waals surface area contributed by atoms with Gasteiger partial charge in [0.05, 0.1) is 6.54 Å². The van der Waals surface area contributed by atoms with Crippen LogP contribution in [0.4, 0.5) is 0 Å². The molecule has 7 heteroatoms. The van der Waals surface area contributed by atoms with Crippen LogP contribution in [0, 0.1) is 0 Å². The van der Waals surface area contributed by atoms with E-state index in [1.165, 1.54) is 0 Å². The zero-order chi connectivity index (χ0) is 16.6. The molecule has 0 spiro atoms. The average Bonchev–Trinajstić information content (AvgIpc) is 2.45. The van der Waals surface area contributed by atoms with Crippen molar-refractivity contribution >= 4 is 30.4 Å². The van der Waals surface area contributed by atoms with Gasteiger partial charge in [-0.1, -0.05) is 30.3 Å². The minimum atomic E-state index is -1.17. The Labute approximate surface area is 135 Å². The molecule has 120 valence electrons. The second kappa shape index (κ2) is 8.43. The first kappa shape index (κ1) is 18.0.